The van der Waals surface area contributed by atoms with Gasteiger partial charge in [0.2, 0.25) is 0 Å². The molecule has 0 aromatic heterocycles. The maximum absolute atomic E-state index is 11.8. The van der Waals surface area contributed by atoms with Crippen molar-refractivity contribution in [3.05, 3.63) is 29.8 Å². The Kier molecular flexibility index (Phi) is 7.78. The van der Waals surface area contributed by atoms with Gasteiger partial charge in [-0.3, -0.25) is 0 Å². The molecule has 0 radical (unpaired) electrons. The molecule has 0 spiro atoms. The van der Waals surface area contributed by atoms with Crippen molar-refractivity contribution in [2.45, 2.75) is 46.5 Å². The molecular weight excluding hydrogens is 252 g/mol. The number of hydrogen-bond donors (Lipinski definition) is 0. The van der Waals surface area contributed by atoms with Crippen molar-refractivity contribution in [3.63, 3.8) is 0 Å². The van der Waals surface area contributed by atoms with E-state index in [9.17, 15) is 4.79 Å². The van der Waals surface area contributed by atoms with E-state index < -0.39 is 0 Å². The molecule has 1 unspecified atom stereocenters. The fourth-order valence-electron chi connectivity index (χ4n) is 2.08. The van der Waals surface area contributed by atoms with E-state index in [1.54, 1.807) is 13.0 Å². The van der Waals surface area contributed by atoms with E-state index in [1.165, 1.54) is 19.3 Å². The number of para-hydroxylation sites is 1. The molecule has 1 rings (SSSR count). The first kappa shape index (κ1) is 16.5. The zero-order valence-corrected chi connectivity index (χ0v) is 12.9. The van der Waals surface area contributed by atoms with Crippen LogP contribution >= 0.6 is 0 Å². The zero-order valence-electron chi connectivity index (χ0n) is 12.9. The summed E-state index contributed by atoms with van der Waals surface area (Å²) in [6.07, 6.45) is 4.70. The van der Waals surface area contributed by atoms with Gasteiger partial charge in [0, 0.05) is 0 Å². The lowest BCUT2D eigenvalue weighted by Gasteiger charge is -2.17. The van der Waals surface area contributed by atoms with E-state index in [0.29, 0.717) is 30.4 Å². The molecule has 1 aromatic rings. The third-order valence-electron chi connectivity index (χ3n) is 3.40. The Hall–Kier alpha value is -1.51. The third-order valence-corrected chi connectivity index (χ3v) is 3.40. The number of esters is 1. The van der Waals surface area contributed by atoms with Crippen LogP contribution < -0.4 is 4.74 Å². The van der Waals surface area contributed by atoms with Crippen LogP contribution in [0.1, 0.15) is 56.8 Å². The number of unbranched alkanes of at least 4 members (excludes halogenated alkanes) is 1. The van der Waals surface area contributed by atoms with Gasteiger partial charge in [-0.25, -0.2) is 4.79 Å². The summed E-state index contributed by atoms with van der Waals surface area (Å²) in [6, 6.07) is 7.29. The van der Waals surface area contributed by atoms with Crippen molar-refractivity contribution in [2.75, 3.05) is 13.2 Å². The molecule has 1 aromatic carbocycles. The lowest BCUT2D eigenvalue weighted by Crippen LogP contribution is -2.14. The highest BCUT2D eigenvalue weighted by molar-refractivity contribution is 5.92. The number of carbonyl (C=O) groups is 1. The van der Waals surface area contributed by atoms with Crippen molar-refractivity contribution < 1.29 is 14.3 Å². The molecule has 0 aliphatic carbocycles. The summed E-state index contributed by atoms with van der Waals surface area (Å²) in [5, 5.41) is 0. The lowest BCUT2D eigenvalue weighted by atomic mass is 10.0. The van der Waals surface area contributed by atoms with Crippen molar-refractivity contribution in [2.24, 2.45) is 5.92 Å². The van der Waals surface area contributed by atoms with E-state index in [4.69, 9.17) is 9.47 Å². The van der Waals surface area contributed by atoms with Crippen molar-refractivity contribution in [3.8, 4) is 5.75 Å². The van der Waals surface area contributed by atoms with Crippen molar-refractivity contribution in [1.82, 2.24) is 0 Å². The van der Waals surface area contributed by atoms with Crippen LogP contribution in [0.5, 0.6) is 5.75 Å². The fourth-order valence-corrected chi connectivity index (χ4v) is 2.08. The van der Waals surface area contributed by atoms with Crippen molar-refractivity contribution in [1.29, 1.82) is 0 Å². The fraction of sp³-hybridized carbons (Fsp3) is 0.588. The number of hydrogen-bond acceptors (Lipinski definition) is 3. The molecule has 0 aliphatic rings. The van der Waals surface area contributed by atoms with Gasteiger partial charge in [0.25, 0.3) is 0 Å². The summed E-state index contributed by atoms with van der Waals surface area (Å²) >= 11 is 0. The smallest absolute Gasteiger partial charge is 0.341 e. The molecule has 3 nitrogen and oxygen atoms in total. The van der Waals surface area contributed by atoms with Gasteiger partial charge >= 0.3 is 5.97 Å². The van der Waals surface area contributed by atoms with Gasteiger partial charge in [0.05, 0.1) is 13.2 Å². The number of benzene rings is 1. The van der Waals surface area contributed by atoms with E-state index >= 15 is 0 Å². The monoisotopic (exact) mass is 278 g/mol. The Morgan fingerprint density at radius 1 is 1.20 bits per heavy atom. The minimum absolute atomic E-state index is 0.315. The lowest BCUT2D eigenvalue weighted by molar-refractivity contribution is 0.0520. The summed E-state index contributed by atoms with van der Waals surface area (Å²) in [4.78, 5) is 11.8. The second-order valence-electron chi connectivity index (χ2n) is 4.94. The highest BCUT2D eigenvalue weighted by Crippen LogP contribution is 2.21. The Balaban J connectivity index is 2.64. The highest BCUT2D eigenvalue weighted by atomic mass is 16.5. The molecule has 0 fully saturated rings. The predicted octanol–water partition coefficient (Wildman–Crippen LogP) is 4.46. The van der Waals surface area contributed by atoms with Gasteiger partial charge in [-0.2, -0.15) is 0 Å². The van der Waals surface area contributed by atoms with Gasteiger partial charge in [-0.15, -0.1) is 0 Å². The summed E-state index contributed by atoms with van der Waals surface area (Å²) < 4.78 is 10.9. The molecule has 0 bridgehead atoms. The maximum atomic E-state index is 11.8. The molecule has 0 amide bonds. The Morgan fingerprint density at radius 2 is 1.95 bits per heavy atom. The van der Waals surface area contributed by atoms with Crippen LogP contribution in [0.4, 0.5) is 0 Å². The molecule has 0 saturated heterocycles. The summed E-state index contributed by atoms with van der Waals surface area (Å²) in [6.45, 7) is 7.22. The van der Waals surface area contributed by atoms with Crippen LogP contribution in [-0.2, 0) is 4.74 Å². The second-order valence-corrected chi connectivity index (χ2v) is 4.94. The molecule has 20 heavy (non-hydrogen) atoms. The van der Waals surface area contributed by atoms with Crippen LogP contribution in [-0.4, -0.2) is 19.2 Å². The van der Waals surface area contributed by atoms with E-state index in [2.05, 4.69) is 13.8 Å². The quantitative estimate of drug-likeness (QED) is 0.626. The number of carbonyl (C=O) groups excluding carboxylic acids is 1. The van der Waals surface area contributed by atoms with E-state index in [0.717, 1.165) is 6.42 Å². The maximum Gasteiger partial charge on any atom is 0.341 e. The second kappa shape index (κ2) is 9.40. The summed E-state index contributed by atoms with van der Waals surface area (Å²) in [7, 11) is 0. The zero-order chi connectivity index (χ0) is 14.8. The van der Waals surface area contributed by atoms with Crippen LogP contribution in [0.15, 0.2) is 24.3 Å². The molecule has 0 saturated carbocycles. The van der Waals surface area contributed by atoms with Crippen molar-refractivity contribution >= 4 is 5.97 Å². The number of rotatable bonds is 9. The largest absolute Gasteiger partial charge is 0.492 e. The number of ether oxygens (including phenoxy) is 2. The molecule has 0 N–H and O–H groups in total. The SMILES string of the molecule is CCCCC(CC)COc1ccccc1C(=O)OCC. The van der Waals surface area contributed by atoms with Gasteiger partial charge in [0.1, 0.15) is 11.3 Å². The van der Waals surface area contributed by atoms with Crippen LogP contribution in [0.25, 0.3) is 0 Å². The Morgan fingerprint density at radius 3 is 2.60 bits per heavy atom. The standard InChI is InChI=1S/C17H26O3/c1-4-7-10-14(5-2)13-20-16-12-9-8-11-15(16)17(18)19-6-3/h8-9,11-12,14H,4-7,10,13H2,1-3H3. The molecular formula is C17H26O3. The van der Waals surface area contributed by atoms with Gasteiger partial charge in [0.15, 0.2) is 0 Å². The van der Waals surface area contributed by atoms with Gasteiger partial charge < -0.3 is 9.47 Å². The average Bonchev–Trinajstić information content (AvgIpc) is 2.48. The van der Waals surface area contributed by atoms with E-state index in [-0.39, 0.29) is 5.97 Å². The Bertz CT molecular complexity index is 401. The molecule has 112 valence electrons. The van der Waals surface area contributed by atoms with Gasteiger partial charge in [-0.05, 0) is 31.4 Å². The average molecular weight is 278 g/mol. The molecule has 0 heterocycles. The normalized spacial score (nSPS) is 11.9. The summed E-state index contributed by atoms with van der Waals surface area (Å²) in [5.74, 6) is 0.857. The van der Waals surface area contributed by atoms with Gasteiger partial charge in [-0.1, -0.05) is 45.2 Å². The molecule has 0 aliphatic heterocycles. The first-order chi connectivity index (χ1) is 9.72. The van der Waals surface area contributed by atoms with Crippen LogP contribution in [0, 0.1) is 5.92 Å². The molecule has 3 heteroatoms. The first-order valence-electron chi connectivity index (χ1n) is 7.61. The minimum atomic E-state index is -0.315. The highest BCUT2D eigenvalue weighted by Gasteiger charge is 2.14. The third kappa shape index (κ3) is 5.24. The predicted molar refractivity (Wildman–Crippen MR) is 81.2 cm³/mol. The molecule has 1 atom stereocenters. The first-order valence-corrected chi connectivity index (χ1v) is 7.61. The summed E-state index contributed by atoms with van der Waals surface area (Å²) in [5.41, 5.74) is 0.514. The van der Waals surface area contributed by atoms with Crippen LogP contribution in [0.3, 0.4) is 0 Å². The topological polar surface area (TPSA) is 35.5 Å². The van der Waals surface area contributed by atoms with E-state index in [1.807, 2.05) is 18.2 Å². The minimum Gasteiger partial charge on any atom is -0.492 e. The van der Waals surface area contributed by atoms with Crippen LogP contribution in [0.2, 0.25) is 0 Å². The Labute approximate surface area is 122 Å².